The second kappa shape index (κ2) is 67.3. The lowest BCUT2D eigenvalue weighted by Gasteiger charge is -2.26. The van der Waals surface area contributed by atoms with Gasteiger partial charge in [-0.25, -0.2) is 0 Å². The lowest BCUT2D eigenvalue weighted by Crippen LogP contribution is -2.34. The molecule has 0 N–H and O–H groups in total. The van der Waals surface area contributed by atoms with Crippen LogP contribution in [0.1, 0.15) is 540 Å². The van der Waals surface area contributed by atoms with Gasteiger partial charge in [-0.2, -0.15) is 0 Å². The van der Waals surface area contributed by atoms with Gasteiger partial charge in [-0.3, -0.25) is 28.3 Å². The van der Waals surface area contributed by atoms with Crippen LogP contribution in [0.4, 0.5) is 0 Å². The highest BCUT2D eigenvalue weighted by molar-refractivity contribution is 6.50. The molecule has 11 aromatic rings. The van der Waals surface area contributed by atoms with Crippen LogP contribution in [0.15, 0.2) is 79.8 Å². The summed E-state index contributed by atoms with van der Waals surface area (Å²) in [7, 11) is 0. The number of benzene rings is 9. The lowest BCUT2D eigenvalue weighted by molar-refractivity contribution is 0.233. The number of nitrogens with zero attached hydrogens (tertiary/aromatic N) is 2. The minimum atomic E-state index is -0.322. The molecule has 9 aromatic carbocycles. The second-order valence-corrected chi connectivity index (χ2v) is 43.8. The van der Waals surface area contributed by atoms with E-state index in [0.29, 0.717) is 106 Å². The van der Waals surface area contributed by atoms with Crippen molar-refractivity contribution in [1.82, 2.24) is 9.13 Å². The van der Waals surface area contributed by atoms with Gasteiger partial charge in [0.05, 0.1) is 52.7 Å². The van der Waals surface area contributed by atoms with Crippen LogP contribution < -0.4 is 50.7 Å². The summed E-state index contributed by atoms with van der Waals surface area (Å²) in [6.45, 7) is 21.5. The van der Waals surface area contributed by atoms with Crippen LogP contribution >= 0.6 is 0 Å². The van der Waals surface area contributed by atoms with Crippen molar-refractivity contribution in [2.24, 2.45) is 0 Å². The van der Waals surface area contributed by atoms with Crippen LogP contribution in [0.5, 0.6) is 34.5 Å². The predicted octanol–water partition coefficient (Wildman–Crippen LogP) is 38.8. The van der Waals surface area contributed by atoms with E-state index in [2.05, 4.69) is 116 Å². The topological polar surface area (TPSA) is 134 Å². The summed E-state index contributed by atoms with van der Waals surface area (Å²) in [5.74, 6) is 3.72. The number of hydrogen-bond acceptors (Lipinski definition) is 10. The van der Waals surface area contributed by atoms with Crippen molar-refractivity contribution in [2.75, 3.05) is 39.6 Å². The molecule has 2 aromatic heterocycles. The zero-order valence-corrected chi connectivity index (χ0v) is 91.7. The number of ether oxygens (including phenoxy) is 6. The lowest BCUT2D eigenvalue weighted by atomic mass is 9.77. The molecule has 0 saturated heterocycles. The molecule has 142 heavy (non-hydrogen) atoms. The first-order valence-electron chi connectivity index (χ1n) is 60.6. The molecule has 0 amide bonds. The highest BCUT2D eigenvalue weighted by atomic mass is 16.5. The van der Waals surface area contributed by atoms with Crippen molar-refractivity contribution >= 4 is 86.2 Å². The van der Waals surface area contributed by atoms with Crippen LogP contribution in [-0.2, 0) is 25.9 Å². The fourth-order valence-electron chi connectivity index (χ4n) is 23.1. The third kappa shape index (κ3) is 35.3. The van der Waals surface area contributed by atoms with Gasteiger partial charge in [0.1, 0.15) is 0 Å². The normalized spacial score (nSPS) is 12.1. The maximum Gasteiger partial charge on any atom is 0.261 e. The summed E-state index contributed by atoms with van der Waals surface area (Å²) in [5.41, 5.74) is 2.48. The van der Waals surface area contributed by atoms with Crippen molar-refractivity contribution in [3.8, 4) is 34.5 Å². The third-order valence-electron chi connectivity index (χ3n) is 31.6. The van der Waals surface area contributed by atoms with Crippen molar-refractivity contribution in [3.63, 3.8) is 0 Å². The summed E-state index contributed by atoms with van der Waals surface area (Å²) in [4.78, 5) is 66.3. The average Bonchev–Trinajstić information content (AvgIpc) is 0.659. The van der Waals surface area contributed by atoms with Crippen LogP contribution in [0.25, 0.3) is 86.2 Å². The number of aromatic nitrogens is 2. The molecule has 0 aliphatic rings. The van der Waals surface area contributed by atoms with Gasteiger partial charge in [0.25, 0.3) is 22.2 Å². The molecule has 12 heteroatoms. The monoisotopic (exact) mass is 1950 g/mol. The first kappa shape index (κ1) is 115. The number of pyridine rings is 2. The van der Waals surface area contributed by atoms with E-state index in [1.165, 1.54) is 343 Å². The Morgan fingerprint density at radius 3 is 0.585 bits per heavy atom. The minimum Gasteiger partial charge on any atom is -0.490 e. The van der Waals surface area contributed by atoms with Gasteiger partial charge in [-0.1, -0.05) is 478 Å². The summed E-state index contributed by atoms with van der Waals surface area (Å²) in [5, 5.41) is 13.2. The molecule has 0 bridgehead atoms. The Morgan fingerprint density at radius 1 is 0.176 bits per heavy atom. The molecular weight excluding hydrogens is 1750 g/mol. The van der Waals surface area contributed by atoms with E-state index < -0.39 is 0 Å². The van der Waals surface area contributed by atoms with Crippen LogP contribution in [0, 0.1) is 0 Å². The summed E-state index contributed by atoms with van der Waals surface area (Å²) in [6.07, 6.45) is 88.4. The standard InChI is InChI=1S/C130H198N2O10/c1-9-17-25-33-41-47-53-59-67-75-83-137-113-89-101(90-114(138-84-76-68-60-54-48-42-34-26-18-10-2)125(113)141-87-79-71-63-57-51-45-37-29-21-13-5)99-131-127(133)109-95-105-93-104(82-74-66-40-32-24-16-8)108-98-112-120-110(96-106-94-103(81-73-65-39-31-23-15-7)107-97-111(129(131)135)119(109)123-117(105)122(108)124(120)118(106)121(107)123)128(134)132(130(112)136)100-102-91-115(139-85-77-69-61-55-49-43-35-27-19-11-3)126(142-88-80-72-64-58-52-46-38-30-22-14-6)116(92-102)140-86-78-70-62-56-50-44-36-28-20-12-4/h89-98H,9-88,99-100H2,1-8H3. The Balaban J connectivity index is 1.03. The fraction of sp³-hybridized carbons (Fsp3) is 0.692. The molecule has 788 valence electrons. The van der Waals surface area contributed by atoms with E-state index in [9.17, 15) is 0 Å². The number of unbranched alkanes of at least 4 members (excludes halogenated alkanes) is 64. The minimum absolute atomic E-state index is 0.0112. The van der Waals surface area contributed by atoms with E-state index >= 15 is 19.2 Å². The Bertz CT molecular complexity index is 5070. The molecule has 0 atom stereocenters. The van der Waals surface area contributed by atoms with E-state index in [-0.39, 0.29) is 35.3 Å². The van der Waals surface area contributed by atoms with Crippen molar-refractivity contribution < 1.29 is 28.4 Å². The Hall–Kier alpha value is -7.60. The molecule has 11 rings (SSSR count). The van der Waals surface area contributed by atoms with E-state index in [1.54, 1.807) is 0 Å². The molecule has 0 aliphatic heterocycles. The van der Waals surface area contributed by atoms with Gasteiger partial charge in [0.15, 0.2) is 23.0 Å². The Labute approximate surface area is 860 Å². The first-order valence-corrected chi connectivity index (χ1v) is 60.6. The number of aryl methyl sites for hydroxylation is 2. The van der Waals surface area contributed by atoms with E-state index in [0.717, 1.165) is 217 Å². The second-order valence-electron chi connectivity index (χ2n) is 43.8. The molecule has 12 nitrogen and oxygen atoms in total. The van der Waals surface area contributed by atoms with Gasteiger partial charge in [-0.15, -0.1) is 0 Å². The third-order valence-corrected chi connectivity index (χ3v) is 31.6. The molecule has 0 spiro atoms. The smallest absolute Gasteiger partial charge is 0.261 e. The predicted molar refractivity (Wildman–Crippen MR) is 613 cm³/mol. The van der Waals surface area contributed by atoms with Gasteiger partial charge in [0, 0.05) is 43.1 Å². The van der Waals surface area contributed by atoms with Crippen LogP contribution in [-0.4, -0.2) is 48.8 Å². The summed E-state index contributed by atoms with van der Waals surface area (Å²) < 4.78 is 45.0. The van der Waals surface area contributed by atoms with Crippen LogP contribution in [0.2, 0.25) is 0 Å². The molecular formula is C130H198N2O10. The molecule has 0 saturated carbocycles. The molecule has 0 unspecified atom stereocenters. The fourth-order valence-corrected chi connectivity index (χ4v) is 23.1. The maximum atomic E-state index is 16.6. The Kier molecular flexibility index (Phi) is 54.4. The van der Waals surface area contributed by atoms with Gasteiger partial charge in [0.2, 0.25) is 11.5 Å². The van der Waals surface area contributed by atoms with Gasteiger partial charge < -0.3 is 28.4 Å². The summed E-state index contributed by atoms with van der Waals surface area (Å²) >= 11 is 0. The SMILES string of the molecule is CCCCCCCCCCCCOc1cc(Cn2c(=O)c3cc4cc(CCCCCCCC)c5cc6c(=O)n(Cc7cc(OCCCCCCCCCCCC)c(OCCCCCCCCCCCC)c(OCCCCCCCCCCCC)c7)c(=O)c7cc8cc(CCCCCCCC)c9cc(c2=O)c3c2c4c5c(c76)c8c92)cc(OCCCCCCCCCCCC)c1OCCCCCCCCCCCC. The largest absolute Gasteiger partial charge is 0.490 e. The average molecular weight is 1950 g/mol. The van der Waals surface area contributed by atoms with Crippen molar-refractivity contribution in [3.05, 3.63) is 124 Å². The first-order chi connectivity index (χ1) is 70.0. The molecule has 0 fully saturated rings. The van der Waals surface area contributed by atoms with Crippen molar-refractivity contribution in [1.29, 1.82) is 0 Å². The van der Waals surface area contributed by atoms with Crippen LogP contribution in [0.3, 0.4) is 0 Å². The highest BCUT2D eigenvalue weighted by Gasteiger charge is 2.32. The van der Waals surface area contributed by atoms with Gasteiger partial charge >= 0.3 is 0 Å². The zero-order chi connectivity index (χ0) is 99.8. The van der Waals surface area contributed by atoms with E-state index in [4.69, 9.17) is 28.4 Å². The zero-order valence-electron chi connectivity index (χ0n) is 91.7. The molecule has 0 radical (unpaired) electrons. The van der Waals surface area contributed by atoms with E-state index in [1.807, 2.05) is 0 Å². The van der Waals surface area contributed by atoms with Crippen molar-refractivity contribution in [2.45, 2.75) is 544 Å². The molecule has 2 heterocycles. The molecule has 0 aliphatic carbocycles. The quantitative estimate of drug-likeness (QED) is 0.0206. The number of hydrogen-bond donors (Lipinski definition) is 0. The maximum absolute atomic E-state index is 16.6. The Morgan fingerprint density at radius 2 is 0.366 bits per heavy atom. The summed E-state index contributed by atoms with van der Waals surface area (Å²) in [6, 6.07) is 21.4. The number of rotatable bonds is 90. The van der Waals surface area contributed by atoms with Gasteiger partial charge in [-0.05, 0) is 178 Å². The highest BCUT2D eigenvalue weighted by Crippen LogP contribution is 2.54.